The first-order valence-corrected chi connectivity index (χ1v) is 12.4. The number of nitrogens with zero attached hydrogens (tertiary/aromatic N) is 1. The van der Waals surface area contributed by atoms with Crippen LogP contribution in [0.1, 0.15) is 25.0 Å². The molecule has 0 aliphatic heterocycles. The molecule has 0 fully saturated rings. The van der Waals surface area contributed by atoms with Crippen molar-refractivity contribution in [3.8, 4) is 22.3 Å². The minimum absolute atomic E-state index is 0.0508. The van der Waals surface area contributed by atoms with E-state index in [2.05, 4.69) is 122 Å². The first-order chi connectivity index (χ1) is 17.0. The van der Waals surface area contributed by atoms with Crippen molar-refractivity contribution in [2.24, 2.45) is 0 Å². The van der Waals surface area contributed by atoms with Gasteiger partial charge in [0.25, 0.3) is 0 Å². The van der Waals surface area contributed by atoms with Crippen molar-refractivity contribution in [1.82, 2.24) is 0 Å². The van der Waals surface area contributed by atoms with Crippen molar-refractivity contribution in [3.05, 3.63) is 137 Å². The van der Waals surface area contributed by atoms with E-state index in [0.717, 1.165) is 22.1 Å². The molecule has 6 rings (SSSR count). The van der Waals surface area contributed by atoms with E-state index in [1.807, 2.05) is 18.2 Å². The van der Waals surface area contributed by atoms with Gasteiger partial charge in [-0.2, -0.15) is 0 Å². The van der Waals surface area contributed by atoms with Gasteiger partial charge in [0.05, 0.1) is 0 Å². The summed E-state index contributed by atoms with van der Waals surface area (Å²) in [6.07, 6.45) is 0. The van der Waals surface area contributed by atoms with Crippen LogP contribution in [-0.4, -0.2) is 0 Å². The lowest BCUT2D eigenvalue weighted by Gasteiger charge is -2.28. The summed E-state index contributed by atoms with van der Waals surface area (Å²) in [5, 5.41) is 0.735. The molecule has 0 heterocycles. The van der Waals surface area contributed by atoms with Crippen molar-refractivity contribution < 1.29 is 0 Å². The van der Waals surface area contributed by atoms with Gasteiger partial charge in [0.2, 0.25) is 0 Å². The smallest absolute Gasteiger partial charge is 0.0465 e. The maximum Gasteiger partial charge on any atom is 0.0465 e. The lowest BCUT2D eigenvalue weighted by Crippen LogP contribution is -2.16. The van der Waals surface area contributed by atoms with Crippen molar-refractivity contribution >= 4 is 28.7 Å². The zero-order valence-corrected chi connectivity index (χ0v) is 20.6. The topological polar surface area (TPSA) is 3.24 Å². The molecule has 35 heavy (non-hydrogen) atoms. The second kappa shape index (κ2) is 8.45. The molecule has 1 aliphatic carbocycles. The molecule has 1 aliphatic rings. The van der Waals surface area contributed by atoms with E-state index in [-0.39, 0.29) is 5.41 Å². The van der Waals surface area contributed by atoms with Crippen LogP contribution in [0.2, 0.25) is 5.02 Å². The summed E-state index contributed by atoms with van der Waals surface area (Å²) in [6, 6.07) is 43.0. The fourth-order valence-corrected chi connectivity index (χ4v) is 5.43. The minimum Gasteiger partial charge on any atom is -0.310 e. The third-order valence-corrected chi connectivity index (χ3v) is 7.39. The molecule has 5 aromatic carbocycles. The number of hydrogen-bond acceptors (Lipinski definition) is 1. The van der Waals surface area contributed by atoms with Crippen LogP contribution >= 0.6 is 11.6 Å². The molecule has 0 unspecified atom stereocenters. The Balaban J connectivity index is 1.47. The lowest BCUT2D eigenvalue weighted by atomic mass is 9.82. The summed E-state index contributed by atoms with van der Waals surface area (Å²) in [7, 11) is 0. The number of anilines is 3. The molecule has 0 saturated heterocycles. The fraction of sp³-hybridized carbons (Fsp3) is 0.0909. The molecule has 0 spiro atoms. The highest BCUT2D eigenvalue weighted by Crippen LogP contribution is 2.50. The molecule has 0 N–H and O–H groups in total. The van der Waals surface area contributed by atoms with Gasteiger partial charge in [-0.1, -0.05) is 98.2 Å². The maximum atomic E-state index is 6.24. The molecule has 2 heteroatoms. The molecule has 1 nitrogen and oxygen atoms in total. The summed E-state index contributed by atoms with van der Waals surface area (Å²) in [5.74, 6) is 0. The highest BCUT2D eigenvalue weighted by Gasteiger charge is 2.35. The van der Waals surface area contributed by atoms with Gasteiger partial charge in [-0.15, -0.1) is 0 Å². The summed E-state index contributed by atoms with van der Waals surface area (Å²) >= 11 is 6.24. The number of fused-ring (bicyclic) bond motifs is 3. The molecule has 170 valence electrons. The van der Waals surface area contributed by atoms with Crippen LogP contribution in [-0.2, 0) is 5.41 Å². The zero-order chi connectivity index (χ0) is 24.0. The van der Waals surface area contributed by atoms with Crippen LogP contribution in [0.5, 0.6) is 0 Å². The molecule has 5 aromatic rings. The quantitative estimate of drug-likeness (QED) is 0.252. The van der Waals surface area contributed by atoms with Crippen LogP contribution in [0.4, 0.5) is 17.1 Å². The molecular formula is C33H26ClN. The fourth-order valence-electron chi connectivity index (χ4n) is 5.30. The van der Waals surface area contributed by atoms with Crippen molar-refractivity contribution in [1.29, 1.82) is 0 Å². The average Bonchev–Trinajstić information content (AvgIpc) is 3.13. The number of hydrogen-bond donors (Lipinski definition) is 0. The van der Waals surface area contributed by atoms with E-state index in [1.54, 1.807) is 0 Å². The SMILES string of the molecule is CC1(C)c2ccccc2-c2ccc(N(c3ccc(Cl)cc3)c3ccc(-c4ccccc4)cc3)cc21. The third kappa shape index (κ3) is 3.73. The molecule has 0 saturated carbocycles. The predicted molar refractivity (Wildman–Crippen MR) is 149 cm³/mol. The maximum absolute atomic E-state index is 6.24. The Morgan fingerprint density at radius 3 is 1.77 bits per heavy atom. The molecular weight excluding hydrogens is 446 g/mol. The number of benzene rings is 5. The Morgan fingerprint density at radius 2 is 1.06 bits per heavy atom. The predicted octanol–water partition coefficient (Wildman–Crippen LogP) is 9.78. The van der Waals surface area contributed by atoms with E-state index < -0.39 is 0 Å². The zero-order valence-electron chi connectivity index (χ0n) is 19.9. The Bertz CT molecular complexity index is 1500. The third-order valence-electron chi connectivity index (χ3n) is 7.14. The molecule has 0 atom stereocenters. The largest absolute Gasteiger partial charge is 0.310 e. The van der Waals surface area contributed by atoms with Gasteiger partial charge in [0.15, 0.2) is 0 Å². The second-order valence-electron chi connectivity index (χ2n) is 9.63. The standard InChI is InChI=1S/C33H26ClN/c1-33(2)31-11-7-6-10-29(31)30-21-20-28(22-32(30)33)35(27-18-14-25(34)15-19-27)26-16-12-24(13-17-26)23-8-4-3-5-9-23/h3-22H,1-2H3. The van der Waals surface area contributed by atoms with Crippen LogP contribution in [0.3, 0.4) is 0 Å². The van der Waals surface area contributed by atoms with Gasteiger partial charge in [0, 0.05) is 27.5 Å². The Labute approximate surface area is 212 Å². The van der Waals surface area contributed by atoms with Crippen LogP contribution in [0.25, 0.3) is 22.3 Å². The average molecular weight is 472 g/mol. The Morgan fingerprint density at radius 1 is 0.514 bits per heavy atom. The van der Waals surface area contributed by atoms with E-state index >= 15 is 0 Å². The van der Waals surface area contributed by atoms with Crippen molar-refractivity contribution in [3.63, 3.8) is 0 Å². The van der Waals surface area contributed by atoms with Crippen LogP contribution in [0.15, 0.2) is 121 Å². The molecule has 0 aromatic heterocycles. The molecule has 0 bridgehead atoms. The first kappa shape index (κ1) is 21.7. The van der Waals surface area contributed by atoms with Gasteiger partial charge in [-0.05, 0) is 81.9 Å². The minimum atomic E-state index is -0.0508. The van der Waals surface area contributed by atoms with Crippen LogP contribution < -0.4 is 4.90 Å². The van der Waals surface area contributed by atoms with Gasteiger partial charge in [-0.25, -0.2) is 0 Å². The van der Waals surface area contributed by atoms with E-state index in [4.69, 9.17) is 11.6 Å². The summed E-state index contributed by atoms with van der Waals surface area (Å²) in [6.45, 7) is 4.64. The molecule has 0 amide bonds. The van der Waals surface area contributed by atoms with Gasteiger partial charge in [0.1, 0.15) is 0 Å². The summed E-state index contributed by atoms with van der Waals surface area (Å²) in [4.78, 5) is 2.31. The number of halogens is 1. The molecule has 0 radical (unpaired) electrons. The second-order valence-corrected chi connectivity index (χ2v) is 10.1. The normalized spacial score (nSPS) is 13.2. The van der Waals surface area contributed by atoms with Crippen LogP contribution in [0, 0.1) is 0 Å². The Hall–Kier alpha value is -3.81. The van der Waals surface area contributed by atoms with E-state index in [0.29, 0.717) is 0 Å². The van der Waals surface area contributed by atoms with Gasteiger partial charge < -0.3 is 4.90 Å². The monoisotopic (exact) mass is 471 g/mol. The van der Waals surface area contributed by atoms with Gasteiger partial charge in [-0.3, -0.25) is 0 Å². The summed E-state index contributed by atoms with van der Waals surface area (Å²) in [5.41, 5.74) is 11.1. The lowest BCUT2D eigenvalue weighted by molar-refractivity contribution is 0.660. The van der Waals surface area contributed by atoms with Crippen molar-refractivity contribution in [2.45, 2.75) is 19.3 Å². The first-order valence-electron chi connectivity index (χ1n) is 12.0. The highest BCUT2D eigenvalue weighted by molar-refractivity contribution is 6.30. The highest BCUT2D eigenvalue weighted by atomic mass is 35.5. The van der Waals surface area contributed by atoms with E-state index in [1.165, 1.54) is 33.4 Å². The number of rotatable bonds is 4. The summed E-state index contributed by atoms with van der Waals surface area (Å²) < 4.78 is 0. The van der Waals surface area contributed by atoms with Gasteiger partial charge >= 0.3 is 0 Å². The van der Waals surface area contributed by atoms with Crippen molar-refractivity contribution in [2.75, 3.05) is 4.90 Å². The van der Waals surface area contributed by atoms with E-state index in [9.17, 15) is 0 Å². The Kier molecular flexibility index (Phi) is 5.24.